The topological polar surface area (TPSA) is 49.4 Å². The molecule has 1 saturated carbocycles. The van der Waals surface area contributed by atoms with E-state index in [0.717, 1.165) is 24.0 Å². The molecular weight excluding hydrogens is 324 g/mol. The first-order chi connectivity index (χ1) is 12.6. The molecule has 2 aromatic rings. The zero-order chi connectivity index (χ0) is 18.1. The minimum absolute atomic E-state index is 0.00709. The van der Waals surface area contributed by atoms with Crippen LogP contribution in [-0.2, 0) is 4.79 Å². The Balaban J connectivity index is 1.56. The summed E-state index contributed by atoms with van der Waals surface area (Å²) in [5.74, 6) is -0.0510. The third kappa shape index (κ3) is 3.50. The van der Waals surface area contributed by atoms with Crippen molar-refractivity contribution in [2.45, 2.75) is 31.7 Å². The molecule has 1 aliphatic carbocycles. The van der Waals surface area contributed by atoms with Crippen LogP contribution in [0.3, 0.4) is 0 Å². The molecule has 1 aliphatic heterocycles. The zero-order valence-corrected chi connectivity index (χ0v) is 15.0. The van der Waals surface area contributed by atoms with Gasteiger partial charge >= 0.3 is 0 Å². The Bertz CT molecular complexity index is 797. The summed E-state index contributed by atoms with van der Waals surface area (Å²) in [6.07, 6.45) is 2.14. The van der Waals surface area contributed by atoms with Crippen molar-refractivity contribution in [3.05, 3.63) is 71.3 Å². The van der Waals surface area contributed by atoms with E-state index in [2.05, 4.69) is 17.4 Å². The summed E-state index contributed by atoms with van der Waals surface area (Å²) in [4.78, 5) is 27.5. The first kappa shape index (κ1) is 16.8. The number of nitrogens with one attached hydrogen (secondary N) is 1. The predicted molar refractivity (Wildman–Crippen MR) is 101 cm³/mol. The van der Waals surface area contributed by atoms with Gasteiger partial charge in [0.05, 0.1) is 5.92 Å². The number of likely N-dealkylation sites (tertiary alicyclic amines) is 1. The molecule has 2 atom stereocenters. The van der Waals surface area contributed by atoms with Crippen LogP contribution in [-0.4, -0.2) is 35.8 Å². The van der Waals surface area contributed by atoms with Crippen molar-refractivity contribution >= 4 is 11.8 Å². The zero-order valence-electron chi connectivity index (χ0n) is 15.0. The van der Waals surface area contributed by atoms with Gasteiger partial charge in [-0.25, -0.2) is 0 Å². The van der Waals surface area contributed by atoms with E-state index in [9.17, 15) is 9.59 Å². The molecule has 4 nitrogen and oxygen atoms in total. The molecule has 2 aromatic carbocycles. The molecule has 0 radical (unpaired) electrons. The van der Waals surface area contributed by atoms with Crippen molar-refractivity contribution in [2.24, 2.45) is 5.92 Å². The summed E-state index contributed by atoms with van der Waals surface area (Å²) < 4.78 is 0. The van der Waals surface area contributed by atoms with E-state index in [0.29, 0.717) is 24.7 Å². The fourth-order valence-electron chi connectivity index (χ4n) is 3.69. The van der Waals surface area contributed by atoms with Gasteiger partial charge < -0.3 is 10.2 Å². The number of carbonyl (C=O) groups is 2. The number of aryl methyl sites for hydroxylation is 1. The van der Waals surface area contributed by atoms with Gasteiger partial charge in [-0.1, -0.05) is 48.0 Å². The predicted octanol–water partition coefficient (Wildman–Crippen LogP) is 3.13. The fraction of sp³-hybridized carbons (Fsp3) is 0.364. The van der Waals surface area contributed by atoms with Gasteiger partial charge in [0.2, 0.25) is 5.91 Å². The van der Waals surface area contributed by atoms with Crippen LogP contribution >= 0.6 is 0 Å². The molecule has 1 saturated heterocycles. The lowest BCUT2D eigenvalue weighted by Gasteiger charge is -2.17. The second-order valence-corrected chi connectivity index (χ2v) is 7.48. The van der Waals surface area contributed by atoms with Crippen LogP contribution in [0, 0.1) is 12.8 Å². The molecule has 2 aliphatic rings. The molecular formula is C22H24N2O2. The highest BCUT2D eigenvalue weighted by molar-refractivity contribution is 5.95. The van der Waals surface area contributed by atoms with Gasteiger partial charge in [0.25, 0.3) is 5.91 Å². The van der Waals surface area contributed by atoms with Gasteiger partial charge in [0, 0.05) is 30.6 Å². The van der Waals surface area contributed by atoms with Crippen molar-refractivity contribution in [3.63, 3.8) is 0 Å². The average Bonchev–Trinajstić information content (AvgIpc) is 3.36. The molecule has 0 spiro atoms. The summed E-state index contributed by atoms with van der Waals surface area (Å²) in [6.45, 7) is 3.07. The number of amides is 2. The van der Waals surface area contributed by atoms with Crippen molar-refractivity contribution in [1.82, 2.24) is 10.2 Å². The molecule has 0 aromatic heterocycles. The molecule has 2 unspecified atom stereocenters. The standard InChI is InChI=1S/C22H24N2O2/c1-15-7-9-17(10-8-15)22(26)24-13-19(16-5-3-2-4-6-16)20(14-24)21(25)23-18-11-12-18/h2-10,18-20H,11-14H2,1H3,(H,23,25). The number of rotatable bonds is 4. The monoisotopic (exact) mass is 348 g/mol. The lowest BCUT2D eigenvalue weighted by atomic mass is 9.88. The molecule has 26 heavy (non-hydrogen) atoms. The Morgan fingerprint density at radius 1 is 0.962 bits per heavy atom. The van der Waals surface area contributed by atoms with Crippen LogP contribution in [0.4, 0.5) is 0 Å². The van der Waals surface area contributed by atoms with Gasteiger partial charge in [-0.05, 0) is 37.5 Å². The Morgan fingerprint density at radius 3 is 2.31 bits per heavy atom. The van der Waals surface area contributed by atoms with Crippen molar-refractivity contribution in [3.8, 4) is 0 Å². The highest BCUT2D eigenvalue weighted by Crippen LogP contribution is 2.34. The number of hydrogen-bond acceptors (Lipinski definition) is 2. The fourth-order valence-corrected chi connectivity index (χ4v) is 3.69. The maximum Gasteiger partial charge on any atom is 0.253 e. The summed E-state index contributed by atoms with van der Waals surface area (Å²) >= 11 is 0. The first-order valence-electron chi connectivity index (χ1n) is 9.33. The number of hydrogen-bond donors (Lipinski definition) is 1. The van der Waals surface area contributed by atoms with E-state index < -0.39 is 0 Å². The van der Waals surface area contributed by atoms with E-state index in [1.165, 1.54) is 0 Å². The van der Waals surface area contributed by atoms with Crippen LogP contribution in [0.2, 0.25) is 0 Å². The largest absolute Gasteiger partial charge is 0.353 e. The minimum Gasteiger partial charge on any atom is -0.353 e. The van der Waals surface area contributed by atoms with Crippen LogP contribution < -0.4 is 5.32 Å². The minimum atomic E-state index is -0.188. The molecule has 4 rings (SSSR count). The number of nitrogens with zero attached hydrogens (tertiary/aromatic N) is 1. The van der Waals surface area contributed by atoms with Gasteiger partial charge in [0.15, 0.2) is 0 Å². The Kier molecular flexibility index (Phi) is 4.49. The molecule has 1 heterocycles. The second kappa shape index (κ2) is 6.94. The maximum absolute atomic E-state index is 12.9. The van der Waals surface area contributed by atoms with E-state index in [1.807, 2.05) is 54.3 Å². The Labute approximate surface area is 154 Å². The lowest BCUT2D eigenvalue weighted by Crippen LogP contribution is -2.36. The third-order valence-corrected chi connectivity index (χ3v) is 5.39. The smallest absolute Gasteiger partial charge is 0.253 e. The Hall–Kier alpha value is -2.62. The molecule has 134 valence electrons. The first-order valence-corrected chi connectivity index (χ1v) is 9.33. The third-order valence-electron chi connectivity index (χ3n) is 5.39. The molecule has 2 amide bonds. The maximum atomic E-state index is 12.9. The van der Waals surface area contributed by atoms with E-state index >= 15 is 0 Å². The SMILES string of the molecule is Cc1ccc(C(=O)N2CC(C(=O)NC3CC3)C(c3ccccc3)C2)cc1. The quantitative estimate of drug-likeness (QED) is 0.923. The van der Waals surface area contributed by atoms with Gasteiger partial charge in [0.1, 0.15) is 0 Å². The highest BCUT2D eigenvalue weighted by atomic mass is 16.2. The van der Waals surface area contributed by atoms with Crippen LogP contribution in [0.15, 0.2) is 54.6 Å². The van der Waals surface area contributed by atoms with E-state index in [-0.39, 0.29) is 23.7 Å². The number of carbonyl (C=O) groups excluding carboxylic acids is 2. The molecule has 1 N–H and O–H groups in total. The van der Waals surface area contributed by atoms with Gasteiger partial charge in [-0.15, -0.1) is 0 Å². The molecule has 2 fully saturated rings. The normalized spacial score (nSPS) is 22.3. The van der Waals surface area contributed by atoms with Crippen LogP contribution in [0.25, 0.3) is 0 Å². The summed E-state index contributed by atoms with van der Waals surface area (Å²) in [5, 5.41) is 3.13. The van der Waals surface area contributed by atoms with E-state index in [1.54, 1.807) is 0 Å². The van der Waals surface area contributed by atoms with Crippen LogP contribution in [0.1, 0.15) is 40.2 Å². The van der Waals surface area contributed by atoms with Crippen molar-refractivity contribution in [2.75, 3.05) is 13.1 Å². The second-order valence-electron chi connectivity index (χ2n) is 7.48. The summed E-state index contributed by atoms with van der Waals surface area (Å²) in [6, 6.07) is 18.1. The summed E-state index contributed by atoms with van der Waals surface area (Å²) in [5.41, 5.74) is 2.94. The Morgan fingerprint density at radius 2 is 1.65 bits per heavy atom. The van der Waals surface area contributed by atoms with Gasteiger partial charge in [-0.2, -0.15) is 0 Å². The number of benzene rings is 2. The lowest BCUT2D eigenvalue weighted by molar-refractivity contribution is -0.125. The average molecular weight is 348 g/mol. The van der Waals surface area contributed by atoms with Crippen molar-refractivity contribution < 1.29 is 9.59 Å². The van der Waals surface area contributed by atoms with Crippen molar-refractivity contribution in [1.29, 1.82) is 0 Å². The van der Waals surface area contributed by atoms with Crippen LogP contribution in [0.5, 0.6) is 0 Å². The molecule has 0 bridgehead atoms. The highest BCUT2D eigenvalue weighted by Gasteiger charge is 2.41. The summed E-state index contributed by atoms with van der Waals surface area (Å²) in [7, 11) is 0. The van der Waals surface area contributed by atoms with E-state index in [4.69, 9.17) is 0 Å². The molecule has 4 heteroatoms. The van der Waals surface area contributed by atoms with Gasteiger partial charge in [-0.3, -0.25) is 9.59 Å².